The van der Waals surface area contributed by atoms with E-state index in [1.165, 1.54) is 18.9 Å². The fraction of sp³-hybridized carbons (Fsp3) is 0.526. The van der Waals surface area contributed by atoms with Crippen LogP contribution in [0.25, 0.3) is 0 Å². The molecule has 0 radical (unpaired) electrons. The third-order valence-corrected chi connectivity index (χ3v) is 5.46. The molecule has 138 valence electrons. The minimum Gasteiger partial charge on any atom is -0.356 e. The zero-order chi connectivity index (χ0) is 18.0. The van der Waals surface area contributed by atoms with Gasteiger partial charge in [0, 0.05) is 32.0 Å². The first kappa shape index (κ1) is 17.0. The number of hydrogen-bond donors (Lipinski definition) is 2. The summed E-state index contributed by atoms with van der Waals surface area (Å²) in [5.74, 6) is 2.60. The summed E-state index contributed by atoms with van der Waals surface area (Å²) in [6.07, 6.45) is 5.52. The van der Waals surface area contributed by atoms with E-state index in [1.807, 2.05) is 6.07 Å². The summed E-state index contributed by atoms with van der Waals surface area (Å²) in [6.45, 7) is 2.34. The number of rotatable bonds is 5. The van der Waals surface area contributed by atoms with E-state index in [2.05, 4.69) is 30.4 Å². The van der Waals surface area contributed by atoms with Gasteiger partial charge in [-0.3, -0.25) is 4.99 Å². The van der Waals surface area contributed by atoms with Gasteiger partial charge in [-0.1, -0.05) is 12.1 Å². The molecular formula is C19H25FN6. The number of guanidine groups is 1. The molecule has 0 saturated heterocycles. The minimum atomic E-state index is -0.173. The number of nitrogens with one attached hydrogen (secondary N) is 2. The first-order valence-corrected chi connectivity index (χ1v) is 9.32. The zero-order valence-corrected chi connectivity index (χ0v) is 15.1. The van der Waals surface area contributed by atoms with Crippen molar-refractivity contribution in [1.82, 2.24) is 25.4 Å². The third kappa shape index (κ3) is 3.43. The maximum atomic E-state index is 13.5. The SMILES string of the molecule is CN=C(NCc1nnc2n1CCCC2)NCC1(c2cccc(F)c2)CC1. The number of aryl methyl sites for hydroxylation is 1. The first-order valence-electron chi connectivity index (χ1n) is 9.32. The van der Waals surface area contributed by atoms with Crippen LogP contribution in [0.5, 0.6) is 0 Å². The maximum absolute atomic E-state index is 13.5. The number of hydrogen-bond acceptors (Lipinski definition) is 3. The lowest BCUT2D eigenvalue weighted by Crippen LogP contribution is -2.41. The van der Waals surface area contributed by atoms with E-state index in [4.69, 9.17) is 0 Å². The van der Waals surface area contributed by atoms with E-state index in [-0.39, 0.29) is 11.2 Å². The summed E-state index contributed by atoms with van der Waals surface area (Å²) in [4.78, 5) is 4.30. The van der Waals surface area contributed by atoms with Gasteiger partial charge in [0.05, 0.1) is 6.54 Å². The summed E-state index contributed by atoms with van der Waals surface area (Å²) in [5, 5.41) is 15.3. The van der Waals surface area contributed by atoms with Gasteiger partial charge in [-0.15, -0.1) is 10.2 Å². The highest BCUT2D eigenvalue weighted by molar-refractivity contribution is 5.79. The molecular weight excluding hydrogens is 331 g/mol. The van der Waals surface area contributed by atoms with Crippen molar-refractivity contribution in [2.75, 3.05) is 13.6 Å². The molecule has 1 aliphatic carbocycles. The molecule has 0 bridgehead atoms. The van der Waals surface area contributed by atoms with Crippen LogP contribution in [-0.4, -0.2) is 34.3 Å². The van der Waals surface area contributed by atoms with Crippen molar-refractivity contribution < 1.29 is 4.39 Å². The number of fused-ring (bicyclic) bond motifs is 1. The van der Waals surface area contributed by atoms with Crippen molar-refractivity contribution >= 4 is 5.96 Å². The molecule has 2 aromatic rings. The van der Waals surface area contributed by atoms with E-state index >= 15 is 0 Å². The molecule has 0 amide bonds. The number of aromatic nitrogens is 3. The predicted octanol–water partition coefficient (Wildman–Crippen LogP) is 2.15. The van der Waals surface area contributed by atoms with Gasteiger partial charge in [0.15, 0.2) is 11.8 Å². The summed E-state index contributed by atoms with van der Waals surface area (Å²) < 4.78 is 15.7. The Hall–Kier alpha value is -2.44. The van der Waals surface area contributed by atoms with E-state index < -0.39 is 0 Å². The lowest BCUT2D eigenvalue weighted by molar-refractivity contribution is 0.504. The second kappa shape index (κ2) is 7.05. The van der Waals surface area contributed by atoms with Crippen LogP contribution < -0.4 is 10.6 Å². The summed E-state index contributed by atoms with van der Waals surface area (Å²) in [6, 6.07) is 6.93. The van der Waals surface area contributed by atoms with Gasteiger partial charge < -0.3 is 15.2 Å². The zero-order valence-electron chi connectivity index (χ0n) is 15.1. The van der Waals surface area contributed by atoms with Gasteiger partial charge in [-0.05, 0) is 43.4 Å². The van der Waals surface area contributed by atoms with Crippen molar-refractivity contribution in [3.8, 4) is 0 Å². The molecule has 1 fully saturated rings. The van der Waals surface area contributed by atoms with Gasteiger partial charge in [-0.2, -0.15) is 0 Å². The van der Waals surface area contributed by atoms with Crippen LogP contribution in [0, 0.1) is 5.82 Å². The second-order valence-electron chi connectivity index (χ2n) is 7.21. The topological polar surface area (TPSA) is 67.1 Å². The van der Waals surface area contributed by atoms with Crippen LogP contribution in [0.4, 0.5) is 4.39 Å². The van der Waals surface area contributed by atoms with Gasteiger partial charge >= 0.3 is 0 Å². The molecule has 26 heavy (non-hydrogen) atoms. The van der Waals surface area contributed by atoms with Crippen LogP contribution in [0.1, 0.15) is 42.9 Å². The molecule has 2 heterocycles. The Balaban J connectivity index is 1.35. The molecule has 1 aromatic carbocycles. The number of nitrogens with zero attached hydrogens (tertiary/aromatic N) is 4. The number of benzene rings is 1. The molecule has 1 aliphatic heterocycles. The standard InChI is InChI=1S/C19H25FN6/c1-21-18(22-12-17-25-24-16-7-2-3-10-26(16)17)23-13-19(8-9-19)14-5-4-6-15(20)11-14/h4-6,11H,2-3,7-10,12-13H2,1H3,(H2,21,22,23). The average Bonchev–Trinajstić information content (AvgIpc) is 3.35. The van der Waals surface area contributed by atoms with E-state index in [0.717, 1.165) is 55.5 Å². The summed E-state index contributed by atoms with van der Waals surface area (Å²) >= 11 is 0. The lowest BCUT2D eigenvalue weighted by atomic mass is 9.96. The molecule has 2 N–H and O–H groups in total. The Morgan fingerprint density at radius 2 is 2.15 bits per heavy atom. The van der Waals surface area contributed by atoms with Gasteiger partial charge in [-0.25, -0.2) is 4.39 Å². The largest absolute Gasteiger partial charge is 0.356 e. The molecule has 1 aromatic heterocycles. The Labute approximate surface area is 152 Å². The second-order valence-corrected chi connectivity index (χ2v) is 7.21. The molecule has 0 atom stereocenters. The number of aliphatic imine (C=N–C) groups is 1. The van der Waals surface area contributed by atoms with Crippen molar-refractivity contribution in [3.05, 3.63) is 47.3 Å². The fourth-order valence-electron chi connectivity index (χ4n) is 3.67. The molecule has 6 nitrogen and oxygen atoms in total. The third-order valence-electron chi connectivity index (χ3n) is 5.46. The van der Waals surface area contributed by atoms with Crippen molar-refractivity contribution in [2.45, 2.75) is 50.6 Å². The van der Waals surface area contributed by atoms with Crippen molar-refractivity contribution in [1.29, 1.82) is 0 Å². The quantitative estimate of drug-likeness (QED) is 0.636. The molecule has 7 heteroatoms. The maximum Gasteiger partial charge on any atom is 0.191 e. The predicted molar refractivity (Wildman–Crippen MR) is 98.5 cm³/mol. The Kier molecular flexibility index (Phi) is 4.61. The molecule has 0 spiro atoms. The molecule has 4 rings (SSSR count). The fourth-order valence-corrected chi connectivity index (χ4v) is 3.67. The summed E-state index contributed by atoms with van der Waals surface area (Å²) in [7, 11) is 1.76. The molecule has 1 saturated carbocycles. The van der Waals surface area contributed by atoms with Crippen molar-refractivity contribution in [2.24, 2.45) is 4.99 Å². The van der Waals surface area contributed by atoms with E-state index in [0.29, 0.717) is 6.54 Å². The van der Waals surface area contributed by atoms with Crippen LogP contribution in [0.2, 0.25) is 0 Å². The normalized spacial score (nSPS) is 18.3. The van der Waals surface area contributed by atoms with E-state index in [1.54, 1.807) is 19.2 Å². The average molecular weight is 356 g/mol. The van der Waals surface area contributed by atoms with Crippen LogP contribution >= 0.6 is 0 Å². The minimum absolute atomic E-state index is 0.0216. The van der Waals surface area contributed by atoms with Gasteiger partial charge in [0.25, 0.3) is 0 Å². The molecule has 2 aliphatic rings. The monoisotopic (exact) mass is 356 g/mol. The van der Waals surface area contributed by atoms with Gasteiger partial charge in [0.2, 0.25) is 0 Å². The van der Waals surface area contributed by atoms with Crippen LogP contribution in [-0.2, 0) is 24.9 Å². The highest BCUT2D eigenvalue weighted by atomic mass is 19.1. The van der Waals surface area contributed by atoms with Crippen LogP contribution in [0.3, 0.4) is 0 Å². The Morgan fingerprint density at radius 3 is 2.92 bits per heavy atom. The Bertz CT molecular complexity index is 808. The first-order chi connectivity index (χ1) is 12.7. The highest BCUT2D eigenvalue weighted by Gasteiger charge is 2.44. The molecule has 0 unspecified atom stereocenters. The number of halogens is 1. The van der Waals surface area contributed by atoms with Crippen molar-refractivity contribution in [3.63, 3.8) is 0 Å². The van der Waals surface area contributed by atoms with Gasteiger partial charge in [0.1, 0.15) is 11.6 Å². The highest BCUT2D eigenvalue weighted by Crippen LogP contribution is 2.47. The van der Waals surface area contributed by atoms with E-state index in [9.17, 15) is 4.39 Å². The Morgan fingerprint density at radius 1 is 1.27 bits per heavy atom. The van der Waals surface area contributed by atoms with Crippen LogP contribution in [0.15, 0.2) is 29.3 Å². The lowest BCUT2D eigenvalue weighted by Gasteiger charge is -2.19. The smallest absolute Gasteiger partial charge is 0.191 e. The summed E-state index contributed by atoms with van der Waals surface area (Å²) in [5.41, 5.74) is 1.08.